The number of hydrogen-bond donors (Lipinski definition) is 0. The number of halogens is 1. The topological polar surface area (TPSA) is 53.1 Å². The molecule has 0 radical (unpaired) electrons. The van der Waals surface area contributed by atoms with Crippen molar-refractivity contribution in [2.45, 2.75) is 31.4 Å². The van der Waals surface area contributed by atoms with Crippen LogP contribution in [0.5, 0.6) is 0 Å². The third kappa shape index (κ3) is 4.02. The van der Waals surface area contributed by atoms with E-state index in [9.17, 15) is 9.59 Å². The maximum absolute atomic E-state index is 13.4. The Morgan fingerprint density at radius 1 is 1.03 bits per heavy atom. The Morgan fingerprint density at radius 2 is 1.84 bits per heavy atom. The Kier molecular flexibility index (Phi) is 5.36. The second kappa shape index (κ2) is 8.17. The molecule has 0 aromatic heterocycles. The summed E-state index contributed by atoms with van der Waals surface area (Å²) in [6.07, 6.45) is 2.69. The molecule has 3 aliphatic heterocycles. The molecule has 162 valence electrons. The molecule has 3 aliphatic rings. The van der Waals surface area contributed by atoms with Crippen molar-refractivity contribution in [1.82, 2.24) is 9.80 Å². The smallest absolute Gasteiger partial charge is 0.415 e. The summed E-state index contributed by atoms with van der Waals surface area (Å²) in [5, 5.41) is 0.573. The van der Waals surface area contributed by atoms with Crippen molar-refractivity contribution in [2.24, 2.45) is 0 Å². The van der Waals surface area contributed by atoms with E-state index in [1.165, 1.54) is 12.8 Å². The Hall–Kier alpha value is -2.57. The molecule has 0 N–H and O–H groups in total. The minimum absolute atomic E-state index is 0.0175. The van der Waals surface area contributed by atoms with Gasteiger partial charge >= 0.3 is 6.09 Å². The molecule has 0 bridgehead atoms. The van der Waals surface area contributed by atoms with Gasteiger partial charge in [-0.05, 0) is 55.8 Å². The van der Waals surface area contributed by atoms with Crippen molar-refractivity contribution >= 4 is 29.3 Å². The maximum atomic E-state index is 13.4. The first-order valence-electron chi connectivity index (χ1n) is 10.9. The van der Waals surface area contributed by atoms with Crippen molar-refractivity contribution in [1.29, 1.82) is 0 Å². The van der Waals surface area contributed by atoms with Crippen LogP contribution in [0, 0.1) is 0 Å². The minimum atomic E-state index is -0.668. The number of hydrogen-bond acceptors (Lipinski definition) is 4. The molecule has 6 nitrogen and oxygen atoms in total. The highest BCUT2D eigenvalue weighted by Gasteiger charge is 2.51. The third-order valence-corrected chi connectivity index (χ3v) is 6.77. The zero-order valence-corrected chi connectivity index (χ0v) is 18.2. The number of ether oxygens (including phenoxy) is 1. The predicted molar refractivity (Wildman–Crippen MR) is 119 cm³/mol. The minimum Gasteiger partial charge on any atom is -0.439 e. The fourth-order valence-corrected chi connectivity index (χ4v) is 5.10. The summed E-state index contributed by atoms with van der Waals surface area (Å²) >= 11 is 6.10. The lowest BCUT2D eigenvalue weighted by molar-refractivity contribution is 0.0552. The van der Waals surface area contributed by atoms with E-state index in [0.717, 1.165) is 36.4 Å². The lowest BCUT2D eigenvalue weighted by Gasteiger charge is -2.23. The van der Waals surface area contributed by atoms with Crippen LogP contribution in [0.15, 0.2) is 48.5 Å². The van der Waals surface area contributed by atoms with Gasteiger partial charge in [-0.2, -0.15) is 0 Å². The summed E-state index contributed by atoms with van der Waals surface area (Å²) < 4.78 is 5.81. The van der Waals surface area contributed by atoms with Gasteiger partial charge in [-0.1, -0.05) is 35.9 Å². The predicted octanol–water partition coefficient (Wildman–Crippen LogP) is 4.18. The number of nitrogens with zero attached hydrogens (tertiary/aromatic N) is 3. The molecule has 0 saturated carbocycles. The van der Waals surface area contributed by atoms with E-state index < -0.39 is 5.60 Å². The molecule has 31 heavy (non-hydrogen) atoms. The van der Waals surface area contributed by atoms with Crippen LogP contribution in [0.1, 0.15) is 35.2 Å². The highest BCUT2D eigenvalue weighted by atomic mass is 35.5. The first-order valence-corrected chi connectivity index (χ1v) is 11.3. The van der Waals surface area contributed by atoms with E-state index in [-0.39, 0.29) is 12.0 Å². The van der Waals surface area contributed by atoms with Crippen LogP contribution in [0.3, 0.4) is 0 Å². The summed E-state index contributed by atoms with van der Waals surface area (Å²) in [7, 11) is 0. The van der Waals surface area contributed by atoms with Gasteiger partial charge in [0, 0.05) is 35.8 Å². The highest BCUT2D eigenvalue weighted by Crippen LogP contribution is 2.36. The van der Waals surface area contributed by atoms with Crippen LogP contribution >= 0.6 is 11.6 Å². The van der Waals surface area contributed by atoms with E-state index >= 15 is 0 Å². The molecule has 1 atom stereocenters. The van der Waals surface area contributed by atoms with Gasteiger partial charge in [0.25, 0.3) is 5.91 Å². The Bertz CT molecular complexity index is 1010. The summed E-state index contributed by atoms with van der Waals surface area (Å²) in [4.78, 5) is 31.8. The van der Waals surface area contributed by atoms with Gasteiger partial charge in [0.1, 0.15) is 0 Å². The van der Waals surface area contributed by atoms with E-state index in [4.69, 9.17) is 16.3 Å². The van der Waals surface area contributed by atoms with Gasteiger partial charge in [0.2, 0.25) is 0 Å². The van der Waals surface area contributed by atoms with Crippen molar-refractivity contribution < 1.29 is 14.3 Å². The fraction of sp³-hybridized carbons (Fsp3) is 0.417. The molecule has 3 fully saturated rings. The van der Waals surface area contributed by atoms with Gasteiger partial charge in [0.05, 0.1) is 13.1 Å². The van der Waals surface area contributed by atoms with Gasteiger partial charge in [0.15, 0.2) is 5.60 Å². The Labute approximate surface area is 187 Å². The van der Waals surface area contributed by atoms with E-state index in [2.05, 4.69) is 4.90 Å². The van der Waals surface area contributed by atoms with Gasteiger partial charge in [-0.3, -0.25) is 14.6 Å². The summed E-state index contributed by atoms with van der Waals surface area (Å²) in [6.45, 7) is 4.39. The normalized spacial score (nSPS) is 23.7. The average molecular weight is 440 g/mol. The van der Waals surface area contributed by atoms with Crippen LogP contribution < -0.4 is 4.90 Å². The van der Waals surface area contributed by atoms with Gasteiger partial charge < -0.3 is 9.64 Å². The van der Waals surface area contributed by atoms with Crippen molar-refractivity contribution in [3.63, 3.8) is 0 Å². The number of rotatable bonds is 4. The zero-order valence-electron chi connectivity index (χ0n) is 17.4. The maximum Gasteiger partial charge on any atom is 0.415 e. The summed E-state index contributed by atoms with van der Waals surface area (Å²) in [5.74, 6) is 0.0175. The number of anilines is 1. The van der Waals surface area contributed by atoms with E-state index in [1.54, 1.807) is 17.0 Å². The second-order valence-electron chi connectivity index (χ2n) is 8.73. The lowest BCUT2D eigenvalue weighted by atomic mass is 10.0. The van der Waals surface area contributed by atoms with Crippen LogP contribution in [0.25, 0.3) is 0 Å². The number of carbonyl (C=O) groups is 2. The van der Waals surface area contributed by atoms with Crippen LogP contribution in [0.4, 0.5) is 10.5 Å². The molecule has 0 aliphatic carbocycles. The van der Waals surface area contributed by atoms with Gasteiger partial charge in [-0.15, -0.1) is 0 Å². The number of likely N-dealkylation sites (tertiary alicyclic amines) is 2. The van der Waals surface area contributed by atoms with Gasteiger partial charge in [-0.25, -0.2) is 4.79 Å². The number of benzene rings is 2. The zero-order chi connectivity index (χ0) is 21.4. The van der Waals surface area contributed by atoms with Crippen LogP contribution in [-0.2, 0) is 11.3 Å². The molecule has 7 heteroatoms. The molecule has 5 rings (SSSR count). The summed E-state index contributed by atoms with van der Waals surface area (Å²) in [6, 6.07) is 15.1. The van der Waals surface area contributed by atoms with Crippen molar-refractivity contribution in [3.8, 4) is 0 Å². The molecule has 2 amide bonds. The number of carbonyl (C=O) groups excluding carboxylic acids is 2. The van der Waals surface area contributed by atoms with E-state index in [0.29, 0.717) is 31.1 Å². The largest absolute Gasteiger partial charge is 0.439 e. The quantitative estimate of drug-likeness (QED) is 0.717. The molecule has 2 aromatic rings. The third-order valence-electron chi connectivity index (χ3n) is 6.53. The molecule has 2 aromatic carbocycles. The lowest BCUT2D eigenvalue weighted by Crippen LogP contribution is -2.39. The monoisotopic (exact) mass is 439 g/mol. The molecule has 1 unspecified atom stereocenters. The fourth-order valence-electron chi connectivity index (χ4n) is 4.92. The van der Waals surface area contributed by atoms with Crippen LogP contribution in [-0.4, -0.2) is 60.1 Å². The van der Waals surface area contributed by atoms with E-state index in [1.807, 2.05) is 41.3 Å². The van der Waals surface area contributed by atoms with Crippen molar-refractivity contribution in [3.05, 3.63) is 64.7 Å². The molecular formula is C24H26ClN3O3. The summed E-state index contributed by atoms with van der Waals surface area (Å²) in [5.41, 5.74) is 1.87. The van der Waals surface area contributed by atoms with Crippen LogP contribution in [0.2, 0.25) is 5.02 Å². The Morgan fingerprint density at radius 3 is 2.65 bits per heavy atom. The first kappa shape index (κ1) is 20.3. The second-order valence-corrected chi connectivity index (χ2v) is 9.17. The SMILES string of the molecule is O=C(c1ccccc1CN1CCCC1)N1CCC2(C1)CN(c1cccc(Cl)c1)C(=O)O2. The molecule has 3 heterocycles. The molecular weight excluding hydrogens is 414 g/mol. The van der Waals surface area contributed by atoms with Crippen molar-refractivity contribution in [2.75, 3.05) is 37.6 Å². The molecule has 3 saturated heterocycles. The number of amides is 2. The molecule has 1 spiro atoms. The first-order chi connectivity index (χ1) is 15.0. The highest BCUT2D eigenvalue weighted by molar-refractivity contribution is 6.30. The standard InChI is InChI=1S/C24H26ClN3O3/c25-19-7-5-8-20(14-19)28-17-24(31-23(28)30)10-13-27(16-24)22(29)21-9-2-1-6-18(21)15-26-11-3-4-12-26/h1-2,5-9,14H,3-4,10-13,15-17H2. The Balaban J connectivity index is 1.31. The average Bonchev–Trinajstić information content (AvgIpc) is 3.49.